The molecule has 2 rings (SSSR count). The average Bonchev–Trinajstić information content (AvgIpc) is 2.07. The molecule has 1 aliphatic carbocycles. The van der Waals surface area contributed by atoms with Gasteiger partial charge in [-0.05, 0) is 19.3 Å². The summed E-state index contributed by atoms with van der Waals surface area (Å²) < 4.78 is 10.6. The maximum Gasteiger partial charge on any atom is 0.146 e. The maximum atomic E-state index is 5.29. The van der Waals surface area contributed by atoms with Gasteiger partial charge in [0, 0.05) is 5.41 Å². The van der Waals surface area contributed by atoms with Gasteiger partial charge < -0.3 is 9.47 Å². The predicted octanol–water partition coefficient (Wildman–Crippen LogP) is 1.72. The van der Waals surface area contributed by atoms with Crippen molar-refractivity contribution >= 4 is 0 Å². The number of hydrogen-bond acceptors (Lipinski definition) is 2. The molecule has 0 unspecified atom stereocenters. The summed E-state index contributed by atoms with van der Waals surface area (Å²) in [7, 11) is 0. The largest absolute Gasteiger partial charge is 0.354 e. The van der Waals surface area contributed by atoms with Crippen molar-refractivity contribution in [3.63, 3.8) is 0 Å². The molecule has 2 heteroatoms. The van der Waals surface area contributed by atoms with Gasteiger partial charge in [-0.3, -0.25) is 0 Å². The molecule has 2 aliphatic rings. The van der Waals surface area contributed by atoms with Crippen molar-refractivity contribution in [3.05, 3.63) is 12.2 Å². The van der Waals surface area contributed by atoms with E-state index in [0.717, 1.165) is 13.2 Å². The van der Waals surface area contributed by atoms with Crippen molar-refractivity contribution in [2.45, 2.75) is 19.3 Å². The summed E-state index contributed by atoms with van der Waals surface area (Å²) >= 11 is 0. The second-order valence-electron chi connectivity index (χ2n) is 3.47. The molecule has 1 heterocycles. The first-order valence-electron chi connectivity index (χ1n) is 4.25. The van der Waals surface area contributed by atoms with Gasteiger partial charge in [0.05, 0.1) is 13.2 Å². The van der Waals surface area contributed by atoms with Crippen LogP contribution >= 0.6 is 0 Å². The van der Waals surface area contributed by atoms with Crippen LogP contribution < -0.4 is 0 Å². The van der Waals surface area contributed by atoms with E-state index >= 15 is 0 Å². The minimum atomic E-state index is 0.233. The van der Waals surface area contributed by atoms with Crippen LogP contribution in [-0.4, -0.2) is 20.0 Å². The van der Waals surface area contributed by atoms with Gasteiger partial charge in [0.15, 0.2) is 0 Å². The van der Waals surface area contributed by atoms with Crippen LogP contribution in [0.3, 0.4) is 0 Å². The summed E-state index contributed by atoms with van der Waals surface area (Å²) in [4.78, 5) is 0. The van der Waals surface area contributed by atoms with Crippen LogP contribution in [0.15, 0.2) is 12.2 Å². The van der Waals surface area contributed by atoms with E-state index in [1.807, 2.05) is 0 Å². The third-order valence-corrected chi connectivity index (χ3v) is 2.46. The van der Waals surface area contributed by atoms with Crippen molar-refractivity contribution in [2.24, 2.45) is 5.41 Å². The van der Waals surface area contributed by atoms with E-state index in [9.17, 15) is 0 Å². The van der Waals surface area contributed by atoms with Crippen molar-refractivity contribution in [3.8, 4) is 0 Å². The summed E-state index contributed by atoms with van der Waals surface area (Å²) in [5.41, 5.74) is 0.233. The Hall–Kier alpha value is -0.340. The standard InChI is InChI=1S/C9H14O2/c1-2-4-9(5-3-1)6-10-8-11-7-9/h2,4H,1,3,5-8H2. The Morgan fingerprint density at radius 2 is 2.00 bits per heavy atom. The lowest BCUT2D eigenvalue weighted by Crippen LogP contribution is -2.36. The van der Waals surface area contributed by atoms with Crippen LogP contribution in [0.4, 0.5) is 0 Å². The molecule has 0 N–H and O–H groups in total. The van der Waals surface area contributed by atoms with Gasteiger partial charge in [-0.2, -0.15) is 0 Å². The molecule has 62 valence electrons. The van der Waals surface area contributed by atoms with Crippen LogP contribution in [-0.2, 0) is 9.47 Å². The van der Waals surface area contributed by atoms with E-state index in [-0.39, 0.29) is 5.41 Å². The summed E-state index contributed by atoms with van der Waals surface area (Å²) in [6, 6.07) is 0. The molecule has 0 amide bonds. The normalized spacial score (nSPS) is 29.1. The van der Waals surface area contributed by atoms with E-state index in [1.165, 1.54) is 19.3 Å². The molecular weight excluding hydrogens is 140 g/mol. The molecule has 0 atom stereocenters. The highest BCUT2D eigenvalue weighted by Crippen LogP contribution is 2.33. The highest BCUT2D eigenvalue weighted by Gasteiger charge is 2.31. The van der Waals surface area contributed by atoms with Crippen LogP contribution in [0.5, 0.6) is 0 Å². The fraction of sp³-hybridized carbons (Fsp3) is 0.778. The zero-order valence-corrected chi connectivity index (χ0v) is 6.71. The van der Waals surface area contributed by atoms with Gasteiger partial charge in [-0.15, -0.1) is 0 Å². The highest BCUT2D eigenvalue weighted by atomic mass is 16.7. The second-order valence-corrected chi connectivity index (χ2v) is 3.47. The third-order valence-electron chi connectivity index (χ3n) is 2.46. The van der Waals surface area contributed by atoms with Gasteiger partial charge in [0.25, 0.3) is 0 Å². The van der Waals surface area contributed by atoms with Crippen molar-refractivity contribution in [2.75, 3.05) is 20.0 Å². The molecule has 2 nitrogen and oxygen atoms in total. The minimum absolute atomic E-state index is 0.233. The Balaban J connectivity index is 2.06. The van der Waals surface area contributed by atoms with E-state index in [2.05, 4.69) is 12.2 Å². The topological polar surface area (TPSA) is 18.5 Å². The summed E-state index contributed by atoms with van der Waals surface area (Å²) in [6.45, 7) is 2.18. The zero-order chi connectivity index (χ0) is 7.57. The maximum absolute atomic E-state index is 5.29. The van der Waals surface area contributed by atoms with Gasteiger partial charge in [-0.1, -0.05) is 12.2 Å². The Bertz CT molecular complexity index is 157. The molecule has 1 saturated heterocycles. The van der Waals surface area contributed by atoms with Crippen molar-refractivity contribution in [1.29, 1.82) is 0 Å². The van der Waals surface area contributed by atoms with E-state index < -0.39 is 0 Å². The molecule has 0 aromatic heterocycles. The summed E-state index contributed by atoms with van der Waals surface area (Å²) in [6.07, 6.45) is 8.26. The predicted molar refractivity (Wildman–Crippen MR) is 42.2 cm³/mol. The summed E-state index contributed by atoms with van der Waals surface area (Å²) in [5.74, 6) is 0. The monoisotopic (exact) mass is 154 g/mol. The summed E-state index contributed by atoms with van der Waals surface area (Å²) in [5, 5.41) is 0. The van der Waals surface area contributed by atoms with Crippen molar-refractivity contribution in [1.82, 2.24) is 0 Å². The molecule has 0 saturated carbocycles. The first-order valence-corrected chi connectivity index (χ1v) is 4.25. The lowest BCUT2D eigenvalue weighted by Gasteiger charge is -2.35. The number of hydrogen-bond donors (Lipinski definition) is 0. The van der Waals surface area contributed by atoms with Gasteiger partial charge in [0.1, 0.15) is 6.79 Å². The molecule has 1 fully saturated rings. The zero-order valence-electron chi connectivity index (χ0n) is 6.71. The Morgan fingerprint density at radius 1 is 1.18 bits per heavy atom. The van der Waals surface area contributed by atoms with Crippen LogP contribution in [0.2, 0.25) is 0 Å². The first kappa shape index (κ1) is 7.32. The fourth-order valence-corrected chi connectivity index (χ4v) is 1.82. The molecule has 0 aromatic carbocycles. The lowest BCUT2D eigenvalue weighted by molar-refractivity contribution is -0.152. The lowest BCUT2D eigenvalue weighted by atomic mass is 9.80. The second kappa shape index (κ2) is 2.95. The quantitative estimate of drug-likeness (QED) is 0.494. The molecular formula is C9H14O2. The number of ether oxygens (including phenoxy) is 2. The number of allylic oxidation sites excluding steroid dienone is 1. The Kier molecular flexibility index (Phi) is 1.96. The van der Waals surface area contributed by atoms with Crippen LogP contribution in [0.25, 0.3) is 0 Å². The van der Waals surface area contributed by atoms with Gasteiger partial charge in [0.2, 0.25) is 0 Å². The molecule has 11 heavy (non-hydrogen) atoms. The van der Waals surface area contributed by atoms with E-state index in [4.69, 9.17) is 9.47 Å². The highest BCUT2D eigenvalue weighted by molar-refractivity contribution is 5.04. The van der Waals surface area contributed by atoms with Crippen LogP contribution in [0.1, 0.15) is 19.3 Å². The van der Waals surface area contributed by atoms with E-state index in [1.54, 1.807) is 0 Å². The Morgan fingerprint density at radius 3 is 2.64 bits per heavy atom. The molecule has 1 spiro atoms. The smallest absolute Gasteiger partial charge is 0.146 e. The van der Waals surface area contributed by atoms with Crippen molar-refractivity contribution < 1.29 is 9.47 Å². The minimum Gasteiger partial charge on any atom is -0.354 e. The van der Waals surface area contributed by atoms with Crippen LogP contribution in [0, 0.1) is 5.41 Å². The van der Waals surface area contributed by atoms with Gasteiger partial charge >= 0.3 is 0 Å². The third kappa shape index (κ3) is 1.47. The number of rotatable bonds is 0. The molecule has 1 aliphatic heterocycles. The average molecular weight is 154 g/mol. The van der Waals surface area contributed by atoms with Gasteiger partial charge in [-0.25, -0.2) is 0 Å². The molecule has 0 bridgehead atoms. The first-order chi connectivity index (χ1) is 5.41. The molecule has 0 radical (unpaired) electrons. The fourth-order valence-electron chi connectivity index (χ4n) is 1.82. The Labute approximate surface area is 67.2 Å². The van der Waals surface area contributed by atoms with E-state index in [0.29, 0.717) is 6.79 Å². The molecule has 0 aromatic rings. The SMILES string of the molecule is C1=CC2(CCC1)COCOC2.